The summed E-state index contributed by atoms with van der Waals surface area (Å²) in [6, 6.07) is 0. The van der Waals surface area contributed by atoms with Crippen LogP contribution in [0.15, 0.2) is 0 Å². The number of aliphatic hydroxyl groups excluding tert-OH is 1. The molecule has 0 aliphatic rings. The maximum absolute atomic E-state index is 12.6. The number of carbonyl (C=O) groups excluding carboxylic acids is 2. The number of esters is 2. The monoisotopic (exact) mass is 686 g/mol. The third kappa shape index (κ3) is 34.6. The molecular formula is C41H80FNO5. The molecule has 0 aliphatic carbocycles. The van der Waals surface area contributed by atoms with Gasteiger partial charge in [-0.1, -0.05) is 129 Å². The zero-order valence-electron chi connectivity index (χ0n) is 31.9. The number of rotatable bonds is 39. The zero-order valence-corrected chi connectivity index (χ0v) is 31.9. The van der Waals surface area contributed by atoms with Crippen LogP contribution in [0.1, 0.15) is 206 Å². The number of aliphatic hydroxyl groups is 1. The first kappa shape index (κ1) is 46.8. The predicted octanol–water partition coefficient (Wildman–Crippen LogP) is 11.4. The van der Waals surface area contributed by atoms with E-state index >= 15 is 0 Å². The van der Waals surface area contributed by atoms with E-state index in [1.807, 2.05) is 0 Å². The first-order chi connectivity index (χ1) is 23.6. The van der Waals surface area contributed by atoms with Crippen LogP contribution >= 0.6 is 0 Å². The first-order valence-electron chi connectivity index (χ1n) is 20.8. The molecule has 0 fully saturated rings. The van der Waals surface area contributed by atoms with Crippen molar-refractivity contribution in [1.29, 1.82) is 0 Å². The van der Waals surface area contributed by atoms with E-state index in [-0.39, 0.29) is 31.3 Å². The number of alkyl halides is 1. The fraction of sp³-hybridized carbons (Fsp3) is 0.951. The molecule has 0 bridgehead atoms. The summed E-state index contributed by atoms with van der Waals surface area (Å²) in [6.45, 7) is 7.62. The van der Waals surface area contributed by atoms with Crippen molar-refractivity contribution in [1.82, 2.24) is 4.90 Å². The number of ether oxygens (including phenoxy) is 2. The number of unbranched alkanes of at least 4 members (excludes halogenated alkanes) is 21. The molecule has 1 atom stereocenters. The van der Waals surface area contributed by atoms with Crippen LogP contribution in [0, 0.1) is 0 Å². The molecular weight excluding hydrogens is 605 g/mol. The second kappa shape index (κ2) is 38.6. The third-order valence-corrected chi connectivity index (χ3v) is 9.48. The average molecular weight is 686 g/mol. The minimum atomic E-state index is -0.221. The Labute approximate surface area is 297 Å². The van der Waals surface area contributed by atoms with Gasteiger partial charge in [-0.05, 0) is 77.3 Å². The quantitative estimate of drug-likeness (QED) is 0.0513. The molecule has 0 aromatic rings. The van der Waals surface area contributed by atoms with Crippen molar-refractivity contribution >= 4 is 11.9 Å². The number of hydrogen-bond donors (Lipinski definition) is 1. The highest BCUT2D eigenvalue weighted by molar-refractivity contribution is 5.69. The molecule has 0 aliphatic heterocycles. The molecule has 286 valence electrons. The van der Waals surface area contributed by atoms with Crippen molar-refractivity contribution in [2.75, 3.05) is 39.5 Å². The molecule has 0 radical (unpaired) electrons. The van der Waals surface area contributed by atoms with E-state index in [0.29, 0.717) is 32.4 Å². The summed E-state index contributed by atoms with van der Waals surface area (Å²) >= 11 is 0. The van der Waals surface area contributed by atoms with Crippen LogP contribution in [-0.4, -0.2) is 67.6 Å². The van der Waals surface area contributed by atoms with Gasteiger partial charge in [-0.25, -0.2) is 0 Å². The molecule has 0 heterocycles. The Morgan fingerprint density at radius 1 is 0.542 bits per heavy atom. The van der Waals surface area contributed by atoms with Gasteiger partial charge in [-0.2, -0.15) is 0 Å². The lowest BCUT2D eigenvalue weighted by Crippen LogP contribution is -2.29. The molecule has 48 heavy (non-hydrogen) atoms. The smallest absolute Gasteiger partial charge is 0.306 e. The average Bonchev–Trinajstić information content (AvgIpc) is 3.08. The molecule has 1 unspecified atom stereocenters. The number of nitrogens with zero attached hydrogens (tertiary/aromatic N) is 1. The van der Waals surface area contributed by atoms with Crippen LogP contribution in [0.5, 0.6) is 0 Å². The van der Waals surface area contributed by atoms with E-state index in [2.05, 4.69) is 18.7 Å². The molecule has 0 aromatic heterocycles. The summed E-state index contributed by atoms with van der Waals surface area (Å²) in [5.74, 6) is -0.105. The predicted molar refractivity (Wildman–Crippen MR) is 200 cm³/mol. The fourth-order valence-corrected chi connectivity index (χ4v) is 6.37. The van der Waals surface area contributed by atoms with Gasteiger partial charge in [0, 0.05) is 19.4 Å². The standard InChI is InChI=1S/C41H80FNO5/c1-3-5-7-9-11-19-28-38-47-40(45)31-24-20-27-35-43(36-37-44)34-26-18-13-16-23-32-41(46)48-39(29-21-14-10-8-6-4-2)30-22-15-12-17-25-33-42/h39,44H,3-38H2,1-2H3. The fourth-order valence-electron chi connectivity index (χ4n) is 6.37. The molecule has 0 rings (SSSR count). The van der Waals surface area contributed by atoms with Crippen LogP contribution in [0.4, 0.5) is 4.39 Å². The topological polar surface area (TPSA) is 76.1 Å². The molecule has 0 saturated carbocycles. The number of halogens is 1. The molecule has 0 spiro atoms. The van der Waals surface area contributed by atoms with Gasteiger partial charge in [0.05, 0.1) is 19.9 Å². The van der Waals surface area contributed by atoms with Crippen molar-refractivity contribution in [3.63, 3.8) is 0 Å². The SMILES string of the molecule is CCCCCCCCCOC(=O)CCCCCN(CCO)CCCCCCCC(=O)OC(CCCCCCCC)CCCCCCCF. The summed E-state index contributed by atoms with van der Waals surface area (Å²) in [6.07, 6.45) is 32.0. The van der Waals surface area contributed by atoms with Crippen molar-refractivity contribution in [2.24, 2.45) is 0 Å². The van der Waals surface area contributed by atoms with Gasteiger partial charge >= 0.3 is 11.9 Å². The van der Waals surface area contributed by atoms with E-state index in [4.69, 9.17) is 9.47 Å². The van der Waals surface area contributed by atoms with Gasteiger partial charge in [0.15, 0.2) is 0 Å². The number of carbonyl (C=O) groups is 2. The Balaban J connectivity index is 3.99. The zero-order chi connectivity index (χ0) is 35.2. The highest BCUT2D eigenvalue weighted by Gasteiger charge is 2.14. The van der Waals surface area contributed by atoms with E-state index in [1.54, 1.807) is 0 Å². The lowest BCUT2D eigenvalue weighted by atomic mass is 10.0. The van der Waals surface area contributed by atoms with E-state index in [0.717, 1.165) is 122 Å². The Bertz CT molecular complexity index is 663. The van der Waals surface area contributed by atoms with Gasteiger partial charge in [0.25, 0.3) is 0 Å². The van der Waals surface area contributed by atoms with E-state index in [9.17, 15) is 19.1 Å². The molecule has 0 saturated heterocycles. The van der Waals surface area contributed by atoms with Crippen molar-refractivity contribution in [3.05, 3.63) is 0 Å². The van der Waals surface area contributed by atoms with E-state index in [1.165, 1.54) is 64.2 Å². The Hall–Kier alpha value is -1.21. The van der Waals surface area contributed by atoms with Gasteiger partial charge in [-0.3, -0.25) is 14.0 Å². The van der Waals surface area contributed by atoms with Crippen LogP contribution in [-0.2, 0) is 19.1 Å². The third-order valence-electron chi connectivity index (χ3n) is 9.48. The maximum atomic E-state index is 12.6. The molecule has 0 aromatic carbocycles. The lowest BCUT2D eigenvalue weighted by Gasteiger charge is -2.21. The Morgan fingerprint density at radius 2 is 0.979 bits per heavy atom. The second-order valence-corrected chi connectivity index (χ2v) is 14.1. The van der Waals surface area contributed by atoms with Gasteiger partial charge in [0.1, 0.15) is 6.10 Å². The summed E-state index contributed by atoms with van der Waals surface area (Å²) in [7, 11) is 0. The summed E-state index contributed by atoms with van der Waals surface area (Å²) in [5, 5.41) is 9.50. The summed E-state index contributed by atoms with van der Waals surface area (Å²) in [5.41, 5.74) is 0. The van der Waals surface area contributed by atoms with Gasteiger partial charge in [0.2, 0.25) is 0 Å². The summed E-state index contributed by atoms with van der Waals surface area (Å²) < 4.78 is 23.7. The van der Waals surface area contributed by atoms with Crippen LogP contribution in [0.3, 0.4) is 0 Å². The van der Waals surface area contributed by atoms with Crippen LogP contribution in [0.25, 0.3) is 0 Å². The molecule has 0 amide bonds. The van der Waals surface area contributed by atoms with Crippen molar-refractivity contribution in [3.8, 4) is 0 Å². The van der Waals surface area contributed by atoms with Crippen molar-refractivity contribution < 1.29 is 28.6 Å². The highest BCUT2D eigenvalue weighted by Crippen LogP contribution is 2.18. The normalized spacial score (nSPS) is 12.1. The lowest BCUT2D eigenvalue weighted by molar-refractivity contribution is -0.150. The van der Waals surface area contributed by atoms with Crippen LogP contribution in [0.2, 0.25) is 0 Å². The largest absolute Gasteiger partial charge is 0.466 e. The minimum absolute atomic E-state index is 0.0379. The Morgan fingerprint density at radius 3 is 1.52 bits per heavy atom. The first-order valence-corrected chi connectivity index (χ1v) is 20.8. The van der Waals surface area contributed by atoms with E-state index < -0.39 is 0 Å². The number of hydrogen-bond acceptors (Lipinski definition) is 6. The minimum Gasteiger partial charge on any atom is -0.466 e. The van der Waals surface area contributed by atoms with Crippen molar-refractivity contribution in [2.45, 2.75) is 213 Å². The maximum Gasteiger partial charge on any atom is 0.306 e. The Kier molecular flexibility index (Phi) is 37.6. The molecule has 7 heteroatoms. The summed E-state index contributed by atoms with van der Waals surface area (Å²) in [4.78, 5) is 27.0. The van der Waals surface area contributed by atoms with Gasteiger partial charge in [-0.15, -0.1) is 0 Å². The van der Waals surface area contributed by atoms with Crippen LogP contribution < -0.4 is 0 Å². The molecule has 1 N–H and O–H groups in total. The van der Waals surface area contributed by atoms with Gasteiger partial charge < -0.3 is 19.5 Å². The highest BCUT2D eigenvalue weighted by atomic mass is 19.1. The second-order valence-electron chi connectivity index (χ2n) is 14.1. The molecule has 6 nitrogen and oxygen atoms in total.